The van der Waals surface area contributed by atoms with Crippen LogP contribution in [0, 0.1) is 17.6 Å². The zero-order valence-electron chi connectivity index (χ0n) is 26.4. The Morgan fingerprint density at radius 1 is 0.958 bits per heavy atom. The molecule has 5 heterocycles. The number of nitrogens with one attached hydrogen (secondary N) is 3. The molecule has 0 amide bonds. The summed E-state index contributed by atoms with van der Waals surface area (Å²) in [5.74, 6) is -2.77. The van der Waals surface area contributed by atoms with Crippen molar-refractivity contribution in [2.45, 2.75) is 25.4 Å². The quantitative estimate of drug-likeness (QED) is 0.222. The molecular formula is C34H38F3N7O3S. The van der Waals surface area contributed by atoms with Crippen LogP contribution in [-0.4, -0.2) is 98.4 Å². The number of hydrogen-bond donors (Lipinski definition) is 3. The average Bonchev–Trinajstić information content (AvgIpc) is 3.74. The first-order chi connectivity index (χ1) is 23.2. The van der Waals surface area contributed by atoms with Crippen molar-refractivity contribution < 1.29 is 26.4 Å². The third-order valence-electron chi connectivity index (χ3n) is 9.67. The number of aromatic amines is 1. The third kappa shape index (κ3) is 6.66. The number of benzene rings is 2. The average molecular weight is 682 g/mol. The lowest BCUT2D eigenvalue weighted by Gasteiger charge is -2.37. The van der Waals surface area contributed by atoms with E-state index in [-0.39, 0.29) is 25.1 Å². The number of aromatic nitrogens is 2. The van der Waals surface area contributed by atoms with E-state index >= 15 is 4.39 Å². The summed E-state index contributed by atoms with van der Waals surface area (Å²) < 4.78 is 72.5. The van der Waals surface area contributed by atoms with Crippen molar-refractivity contribution >= 4 is 38.4 Å². The summed E-state index contributed by atoms with van der Waals surface area (Å²) in [6.07, 6.45) is 4.01. The minimum atomic E-state index is -4.32. The molecule has 0 radical (unpaired) electrons. The second-order valence-corrected chi connectivity index (χ2v) is 14.5. The van der Waals surface area contributed by atoms with Gasteiger partial charge in [0.15, 0.2) is 5.82 Å². The van der Waals surface area contributed by atoms with Crippen LogP contribution >= 0.6 is 0 Å². The molecule has 3 aliphatic heterocycles. The number of fused-ring (bicyclic) bond motifs is 1. The summed E-state index contributed by atoms with van der Waals surface area (Å²) in [5, 5.41) is 3.78. The number of carbonyl (C=O) groups is 1. The smallest absolute Gasteiger partial charge is 0.301 e. The van der Waals surface area contributed by atoms with Crippen LogP contribution in [0.3, 0.4) is 0 Å². The van der Waals surface area contributed by atoms with Gasteiger partial charge in [-0.15, -0.1) is 0 Å². The van der Waals surface area contributed by atoms with E-state index < -0.39 is 45.0 Å². The van der Waals surface area contributed by atoms with Crippen molar-refractivity contribution in [1.29, 1.82) is 0 Å². The van der Waals surface area contributed by atoms with E-state index in [0.29, 0.717) is 17.0 Å². The van der Waals surface area contributed by atoms with E-state index in [0.717, 1.165) is 91.9 Å². The largest absolute Gasteiger partial charge is 0.372 e. The Labute approximate surface area is 277 Å². The second kappa shape index (κ2) is 13.5. The SMILES string of the molecule is O=C(c1c(F)ccc(NS(=O)(=O)N2CC[C@@H](F)C2)c1F)c1c[nH]c2ncc(-c3ccc(N4CCC(CN5CCNCC5)CC4)cc3)cc12. The van der Waals surface area contributed by atoms with E-state index in [9.17, 15) is 22.0 Å². The van der Waals surface area contributed by atoms with Gasteiger partial charge in [-0.05, 0) is 61.1 Å². The lowest BCUT2D eigenvalue weighted by atomic mass is 9.95. The summed E-state index contributed by atoms with van der Waals surface area (Å²) in [7, 11) is -4.32. The highest BCUT2D eigenvalue weighted by Gasteiger charge is 2.33. The van der Waals surface area contributed by atoms with E-state index in [1.807, 2.05) is 16.9 Å². The highest BCUT2D eigenvalue weighted by molar-refractivity contribution is 7.90. The Balaban J connectivity index is 1.07. The first-order valence-corrected chi connectivity index (χ1v) is 17.8. The van der Waals surface area contributed by atoms with Crippen LogP contribution in [0.15, 0.2) is 54.9 Å². The highest BCUT2D eigenvalue weighted by Crippen LogP contribution is 2.32. The Hall–Kier alpha value is -3.98. The molecule has 3 N–H and O–H groups in total. The maximum absolute atomic E-state index is 15.6. The number of piperidine rings is 1. The number of anilines is 2. The van der Waals surface area contributed by atoms with Crippen molar-refractivity contribution in [3.8, 4) is 11.1 Å². The highest BCUT2D eigenvalue weighted by atomic mass is 32.2. The van der Waals surface area contributed by atoms with Crippen LogP contribution in [0.1, 0.15) is 35.2 Å². The predicted molar refractivity (Wildman–Crippen MR) is 179 cm³/mol. The number of piperazine rings is 1. The molecule has 7 rings (SSSR count). The van der Waals surface area contributed by atoms with Crippen molar-refractivity contribution in [1.82, 2.24) is 24.5 Å². The number of H-pyrrole nitrogens is 1. The Kier molecular flexibility index (Phi) is 9.16. The molecule has 0 saturated carbocycles. The summed E-state index contributed by atoms with van der Waals surface area (Å²) in [5.41, 5.74) is 1.55. The number of nitrogens with zero attached hydrogens (tertiary/aromatic N) is 4. The van der Waals surface area contributed by atoms with Crippen LogP contribution in [0.25, 0.3) is 22.2 Å². The van der Waals surface area contributed by atoms with Crippen LogP contribution in [0.5, 0.6) is 0 Å². The monoisotopic (exact) mass is 681 g/mol. The lowest BCUT2D eigenvalue weighted by molar-refractivity contribution is 0.103. The van der Waals surface area contributed by atoms with Crippen molar-refractivity contribution in [2.75, 3.05) is 68.5 Å². The van der Waals surface area contributed by atoms with Crippen LogP contribution < -0.4 is 14.9 Å². The van der Waals surface area contributed by atoms with Gasteiger partial charge in [-0.25, -0.2) is 18.2 Å². The molecule has 10 nitrogen and oxygen atoms in total. The molecule has 2 aromatic carbocycles. The van der Waals surface area contributed by atoms with Crippen molar-refractivity contribution in [2.24, 2.45) is 5.92 Å². The maximum atomic E-state index is 15.6. The van der Waals surface area contributed by atoms with Crippen molar-refractivity contribution in [3.63, 3.8) is 0 Å². The van der Waals surface area contributed by atoms with E-state index in [1.54, 1.807) is 12.3 Å². The van der Waals surface area contributed by atoms with Gasteiger partial charge < -0.3 is 20.1 Å². The molecule has 4 aromatic rings. The van der Waals surface area contributed by atoms with Gasteiger partial charge in [0.2, 0.25) is 5.78 Å². The molecule has 3 fully saturated rings. The fourth-order valence-electron chi connectivity index (χ4n) is 6.93. The van der Waals surface area contributed by atoms with E-state index in [1.165, 1.54) is 6.20 Å². The summed E-state index contributed by atoms with van der Waals surface area (Å²) in [4.78, 5) is 25.9. The molecule has 2 aromatic heterocycles. The molecule has 0 spiro atoms. The first kappa shape index (κ1) is 32.6. The number of alkyl halides is 1. The topological polar surface area (TPSA) is 114 Å². The van der Waals surface area contributed by atoms with Gasteiger partial charge in [0, 0.05) is 93.5 Å². The number of hydrogen-bond acceptors (Lipinski definition) is 7. The fraction of sp³-hybridized carbons (Fsp3) is 0.412. The normalized spacial score (nSPS) is 20.1. The molecule has 14 heteroatoms. The molecule has 0 unspecified atom stereocenters. The Morgan fingerprint density at radius 2 is 1.71 bits per heavy atom. The number of halogens is 3. The standard InChI is InChI=1S/C34H38F3N7O3S/c35-25-9-14-44(21-25)48(46,47)41-30-6-5-29(36)31(32(30)37)33(45)28-19-40-34-27(28)17-24(18-39-34)23-1-3-26(4-2-23)43-12-7-22(8-13-43)20-42-15-10-38-11-16-42/h1-6,17-19,22,25,38,41H,7-16,20-21H2,(H,39,40)/t25-/m1/s1. The lowest BCUT2D eigenvalue weighted by Crippen LogP contribution is -2.46. The minimum Gasteiger partial charge on any atom is -0.372 e. The maximum Gasteiger partial charge on any atom is 0.301 e. The van der Waals surface area contributed by atoms with Gasteiger partial charge in [0.1, 0.15) is 17.6 Å². The number of ketones is 1. The molecule has 254 valence electrons. The number of pyridine rings is 1. The first-order valence-electron chi connectivity index (χ1n) is 16.4. The number of carbonyl (C=O) groups excluding carboxylic acids is 1. The fourth-order valence-corrected chi connectivity index (χ4v) is 8.20. The summed E-state index contributed by atoms with van der Waals surface area (Å²) >= 11 is 0. The number of rotatable bonds is 9. The van der Waals surface area contributed by atoms with Crippen LogP contribution in [-0.2, 0) is 10.2 Å². The molecule has 1 atom stereocenters. The van der Waals surface area contributed by atoms with Gasteiger partial charge in [-0.2, -0.15) is 12.7 Å². The predicted octanol–water partition coefficient (Wildman–Crippen LogP) is 4.56. The Morgan fingerprint density at radius 3 is 2.42 bits per heavy atom. The Bertz CT molecular complexity index is 1910. The minimum absolute atomic E-state index is 0.0164. The second-order valence-electron chi connectivity index (χ2n) is 12.8. The van der Waals surface area contributed by atoms with E-state index in [4.69, 9.17) is 0 Å². The van der Waals surface area contributed by atoms with Gasteiger partial charge in [-0.1, -0.05) is 12.1 Å². The zero-order valence-corrected chi connectivity index (χ0v) is 27.2. The molecule has 0 bridgehead atoms. The molecular weight excluding hydrogens is 643 g/mol. The molecule has 0 aliphatic carbocycles. The molecule has 3 saturated heterocycles. The van der Waals surface area contributed by atoms with Crippen LogP contribution in [0.4, 0.5) is 24.5 Å². The molecule has 3 aliphatic rings. The van der Waals surface area contributed by atoms with Gasteiger partial charge in [0.25, 0.3) is 0 Å². The van der Waals surface area contributed by atoms with E-state index in [2.05, 4.69) is 37.2 Å². The van der Waals surface area contributed by atoms with Gasteiger partial charge in [-0.3, -0.25) is 9.52 Å². The summed E-state index contributed by atoms with van der Waals surface area (Å²) in [6, 6.07) is 11.6. The zero-order chi connectivity index (χ0) is 33.4. The summed E-state index contributed by atoms with van der Waals surface area (Å²) in [6.45, 7) is 7.10. The van der Waals surface area contributed by atoms with Gasteiger partial charge in [0.05, 0.1) is 11.3 Å². The van der Waals surface area contributed by atoms with Crippen molar-refractivity contribution in [3.05, 3.63) is 77.6 Å². The third-order valence-corrected chi connectivity index (χ3v) is 11.2. The van der Waals surface area contributed by atoms with Crippen LogP contribution in [0.2, 0.25) is 0 Å². The molecule has 48 heavy (non-hydrogen) atoms. The van der Waals surface area contributed by atoms with Gasteiger partial charge >= 0.3 is 10.2 Å².